The Morgan fingerprint density at radius 2 is 2.50 bits per heavy atom. The third kappa shape index (κ3) is 1.64. The van der Waals surface area contributed by atoms with Crippen molar-refractivity contribution in [2.75, 3.05) is 13.6 Å². The van der Waals surface area contributed by atoms with Crippen LogP contribution in [-0.4, -0.2) is 24.4 Å². The topological polar surface area (TPSA) is 70.1 Å². The molecule has 0 saturated carbocycles. The molecule has 0 unspecified atom stereocenters. The highest BCUT2D eigenvalue weighted by atomic mass is 16.1. The molecule has 1 heterocycles. The van der Waals surface area contributed by atoms with Crippen molar-refractivity contribution in [2.45, 2.75) is 0 Å². The molecule has 4 heteroatoms. The maximum atomic E-state index is 10.8. The van der Waals surface area contributed by atoms with E-state index in [0.717, 1.165) is 0 Å². The summed E-state index contributed by atoms with van der Waals surface area (Å²) in [4.78, 5) is 12.5. The van der Waals surface area contributed by atoms with Crippen molar-refractivity contribution in [1.29, 1.82) is 5.26 Å². The Morgan fingerprint density at radius 1 is 1.83 bits per heavy atom. The van der Waals surface area contributed by atoms with Crippen molar-refractivity contribution in [3.05, 3.63) is 23.4 Å². The van der Waals surface area contributed by atoms with Gasteiger partial charge in [0.15, 0.2) is 0 Å². The van der Waals surface area contributed by atoms with Crippen molar-refractivity contribution in [3.8, 4) is 6.07 Å². The summed E-state index contributed by atoms with van der Waals surface area (Å²) in [6, 6.07) is 1.95. The number of carbonyl (C=O) groups excluding carboxylic acids is 1. The number of nitriles is 1. The minimum Gasteiger partial charge on any atom is -0.375 e. The Morgan fingerprint density at radius 3 is 3.00 bits per heavy atom. The first kappa shape index (κ1) is 8.34. The number of hydrogen-bond donors (Lipinski definition) is 1. The molecular weight excluding hydrogens is 154 g/mol. The minimum absolute atomic E-state index is 0.456. The van der Waals surface area contributed by atoms with Gasteiger partial charge in [0.05, 0.1) is 5.57 Å². The summed E-state index contributed by atoms with van der Waals surface area (Å²) < 4.78 is 0. The van der Waals surface area contributed by atoms with E-state index in [2.05, 4.69) is 0 Å². The predicted molar refractivity (Wildman–Crippen MR) is 43.6 cm³/mol. The number of amides is 1. The van der Waals surface area contributed by atoms with Crippen LogP contribution in [0, 0.1) is 11.3 Å². The number of likely N-dealkylation sites (N-methyl/N-ethyl adjacent to an activating group) is 1. The first-order chi connectivity index (χ1) is 5.63. The molecule has 0 aromatic carbocycles. The fourth-order valence-electron chi connectivity index (χ4n) is 1.03. The summed E-state index contributed by atoms with van der Waals surface area (Å²) in [5.74, 6) is -0.470. The van der Waals surface area contributed by atoms with Gasteiger partial charge < -0.3 is 10.6 Å². The van der Waals surface area contributed by atoms with Gasteiger partial charge in [0.1, 0.15) is 6.07 Å². The average molecular weight is 163 g/mol. The second kappa shape index (κ2) is 3.09. The van der Waals surface area contributed by atoms with E-state index in [0.29, 0.717) is 17.7 Å². The molecule has 0 saturated heterocycles. The zero-order chi connectivity index (χ0) is 9.14. The molecule has 62 valence electrons. The molecule has 1 aliphatic heterocycles. The van der Waals surface area contributed by atoms with Gasteiger partial charge in [0, 0.05) is 25.4 Å². The zero-order valence-corrected chi connectivity index (χ0v) is 6.74. The zero-order valence-electron chi connectivity index (χ0n) is 6.74. The second-order valence-corrected chi connectivity index (χ2v) is 2.65. The van der Waals surface area contributed by atoms with Crippen LogP contribution in [0.5, 0.6) is 0 Å². The molecule has 0 fully saturated rings. The Labute approximate surface area is 70.6 Å². The predicted octanol–water partition coefficient (Wildman–Crippen LogP) is -0.249. The molecular formula is C8H9N3O. The summed E-state index contributed by atoms with van der Waals surface area (Å²) in [7, 11) is 1.78. The van der Waals surface area contributed by atoms with Crippen LogP contribution in [0.3, 0.4) is 0 Å². The molecule has 0 spiro atoms. The van der Waals surface area contributed by atoms with Gasteiger partial charge in [-0.25, -0.2) is 0 Å². The maximum Gasteiger partial charge on any atom is 0.246 e. The van der Waals surface area contributed by atoms with Gasteiger partial charge >= 0.3 is 0 Å². The lowest BCUT2D eigenvalue weighted by Crippen LogP contribution is -2.26. The smallest absolute Gasteiger partial charge is 0.246 e. The molecule has 0 aliphatic carbocycles. The van der Waals surface area contributed by atoms with Crippen LogP contribution in [-0.2, 0) is 4.79 Å². The van der Waals surface area contributed by atoms with Crippen LogP contribution in [0.1, 0.15) is 0 Å². The fourth-order valence-corrected chi connectivity index (χ4v) is 1.03. The van der Waals surface area contributed by atoms with E-state index in [9.17, 15) is 4.79 Å². The van der Waals surface area contributed by atoms with Crippen molar-refractivity contribution in [1.82, 2.24) is 4.90 Å². The average Bonchev–Trinajstić information content (AvgIpc) is 2.03. The van der Waals surface area contributed by atoms with Crippen LogP contribution in [0.25, 0.3) is 0 Å². The highest BCUT2D eigenvalue weighted by Crippen LogP contribution is 2.10. The van der Waals surface area contributed by atoms with Crippen molar-refractivity contribution in [2.24, 2.45) is 5.73 Å². The Hall–Kier alpha value is -1.76. The molecule has 1 amide bonds. The highest BCUT2D eigenvalue weighted by molar-refractivity contribution is 5.93. The molecule has 1 aliphatic rings. The van der Waals surface area contributed by atoms with Gasteiger partial charge in [-0.2, -0.15) is 5.26 Å². The van der Waals surface area contributed by atoms with Crippen molar-refractivity contribution in [3.63, 3.8) is 0 Å². The van der Waals surface area contributed by atoms with Crippen molar-refractivity contribution >= 4 is 5.91 Å². The van der Waals surface area contributed by atoms with E-state index in [-0.39, 0.29) is 0 Å². The van der Waals surface area contributed by atoms with E-state index in [1.807, 2.05) is 6.07 Å². The lowest BCUT2D eigenvalue weighted by Gasteiger charge is -2.18. The molecule has 0 aromatic rings. The molecule has 4 nitrogen and oxygen atoms in total. The number of carbonyl (C=O) groups is 1. The van der Waals surface area contributed by atoms with Gasteiger partial charge in [0.2, 0.25) is 5.91 Å². The van der Waals surface area contributed by atoms with Gasteiger partial charge in [0.25, 0.3) is 0 Å². The number of nitrogens with zero attached hydrogens (tertiary/aromatic N) is 2. The van der Waals surface area contributed by atoms with Gasteiger partial charge in [-0.05, 0) is 6.08 Å². The molecule has 0 atom stereocenters. The molecule has 0 aromatic heterocycles. The maximum absolute atomic E-state index is 10.8. The third-order valence-electron chi connectivity index (χ3n) is 1.55. The summed E-state index contributed by atoms with van der Waals surface area (Å²) >= 11 is 0. The molecule has 1 rings (SSSR count). The fraction of sp³-hybridized carbons (Fsp3) is 0.250. The van der Waals surface area contributed by atoms with Crippen LogP contribution in [0.4, 0.5) is 0 Å². The molecule has 0 bridgehead atoms. The summed E-state index contributed by atoms with van der Waals surface area (Å²) in [6.07, 6.45) is 3.19. The number of nitrogens with two attached hydrogens (primary N) is 1. The minimum atomic E-state index is -0.470. The SMILES string of the molecule is CN1C=C(C#N)C=C(C(N)=O)C1. The molecule has 12 heavy (non-hydrogen) atoms. The lowest BCUT2D eigenvalue weighted by atomic mass is 10.1. The van der Waals surface area contributed by atoms with E-state index in [4.69, 9.17) is 11.0 Å². The lowest BCUT2D eigenvalue weighted by molar-refractivity contribution is -0.114. The number of rotatable bonds is 1. The second-order valence-electron chi connectivity index (χ2n) is 2.65. The van der Waals surface area contributed by atoms with E-state index >= 15 is 0 Å². The monoisotopic (exact) mass is 163 g/mol. The first-order valence-electron chi connectivity index (χ1n) is 3.46. The number of allylic oxidation sites excluding steroid dienone is 2. The Bertz CT molecular complexity index is 309. The quantitative estimate of drug-likeness (QED) is 0.579. The summed E-state index contributed by atoms with van der Waals surface area (Å²) in [6.45, 7) is 0.473. The summed E-state index contributed by atoms with van der Waals surface area (Å²) in [5, 5.41) is 8.57. The third-order valence-corrected chi connectivity index (χ3v) is 1.55. The van der Waals surface area contributed by atoms with E-state index in [1.165, 1.54) is 6.08 Å². The number of primary amides is 1. The summed E-state index contributed by atoms with van der Waals surface area (Å²) in [5.41, 5.74) is 6.00. The highest BCUT2D eigenvalue weighted by Gasteiger charge is 2.12. The standard InChI is InChI=1S/C8H9N3O/c1-11-4-6(3-9)2-7(5-11)8(10)12/h2,4H,5H2,1H3,(H2,10,12). The van der Waals surface area contributed by atoms with E-state index < -0.39 is 5.91 Å². The van der Waals surface area contributed by atoms with Crippen LogP contribution >= 0.6 is 0 Å². The van der Waals surface area contributed by atoms with E-state index in [1.54, 1.807) is 18.1 Å². The van der Waals surface area contributed by atoms with Gasteiger partial charge in [-0.15, -0.1) is 0 Å². The Balaban J connectivity index is 2.94. The van der Waals surface area contributed by atoms with Crippen LogP contribution in [0.2, 0.25) is 0 Å². The molecule has 0 radical (unpaired) electrons. The normalized spacial score (nSPS) is 16.2. The Kier molecular flexibility index (Phi) is 2.15. The van der Waals surface area contributed by atoms with Crippen molar-refractivity contribution < 1.29 is 4.79 Å². The van der Waals surface area contributed by atoms with Crippen LogP contribution < -0.4 is 5.73 Å². The van der Waals surface area contributed by atoms with Gasteiger partial charge in [-0.1, -0.05) is 0 Å². The van der Waals surface area contributed by atoms with Crippen LogP contribution in [0.15, 0.2) is 23.4 Å². The number of hydrogen-bond acceptors (Lipinski definition) is 3. The molecule has 2 N–H and O–H groups in total. The van der Waals surface area contributed by atoms with Gasteiger partial charge in [-0.3, -0.25) is 4.79 Å². The largest absolute Gasteiger partial charge is 0.375 e. The first-order valence-corrected chi connectivity index (χ1v) is 3.46.